The molecule has 0 saturated heterocycles. The minimum Gasteiger partial charge on any atom is -0.494 e. The fraction of sp³-hybridized carbons (Fsp3) is 0.273. The lowest BCUT2D eigenvalue weighted by Gasteiger charge is -2.12. The van der Waals surface area contributed by atoms with Gasteiger partial charge in [-0.15, -0.1) is 10.2 Å². The van der Waals surface area contributed by atoms with Gasteiger partial charge in [0.25, 0.3) is 0 Å². The Morgan fingerprint density at radius 2 is 1.78 bits per heavy atom. The summed E-state index contributed by atoms with van der Waals surface area (Å²) in [5.41, 5.74) is 1.84. The van der Waals surface area contributed by atoms with Gasteiger partial charge in [0.15, 0.2) is 16.8 Å². The number of thioether (sulfide) groups is 1. The molecule has 0 N–H and O–H groups in total. The smallest absolute Gasteiger partial charge is 0.237 e. The van der Waals surface area contributed by atoms with Gasteiger partial charge in [-0.1, -0.05) is 34.6 Å². The molecule has 0 amide bonds. The molecule has 0 bridgehead atoms. The predicted molar refractivity (Wildman–Crippen MR) is 122 cm³/mol. The highest BCUT2D eigenvalue weighted by molar-refractivity contribution is 7.98. The Bertz CT molecular complexity index is 1190. The Morgan fingerprint density at radius 3 is 2.44 bits per heavy atom. The van der Waals surface area contributed by atoms with Crippen molar-refractivity contribution in [3.63, 3.8) is 0 Å². The van der Waals surface area contributed by atoms with E-state index in [1.165, 1.54) is 11.8 Å². The van der Waals surface area contributed by atoms with E-state index in [1.807, 2.05) is 60.9 Å². The number of aromatic nitrogens is 5. The maximum absolute atomic E-state index is 6.39. The number of ether oxygens (including phenoxy) is 2. The van der Waals surface area contributed by atoms with Crippen LogP contribution in [0.5, 0.6) is 11.5 Å². The first-order valence-electron chi connectivity index (χ1n) is 10.0. The first kappa shape index (κ1) is 22.2. The van der Waals surface area contributed by atoms with E-state index >= 15 is 0 Å². The van der Waals surface area contributed by atoms with Crippen LogP contribution < -0.4 is 9.47 Å². The highest BCUT2D eigenvalue weighted by Crippen LogP contribution is 2.28. The average molecular weight is 472 g/mol. The molecule has 0 aliphatic carbocycles. The molecule has 0 saturated carbocycles. The highest BCUT2D eigenvalue weighted by atomic mass is 35.5. The summed E-state index contributed by atoms with van der Waals surface area (Å²) >= 11 is 7.83. The molecule has 2 heterocycles. The Labute approximate surface area is 194 Å². The summed E-state index contributed by atoms with van der Waals surface area (Å²) in [7, 11) is 0. The van der Waals surface area contributed by atoms with Crippen LogP contribution in [0.25, 0.3) is 5.69 Å². The third-order valence-corrected chi connectivity index (χ3v) is 5.83. The summed E-state index contributed by atoms with van der Waals surface area (Å²) in [6, 6.07) is 13.3. The SMILES string of the molecule is CCOc1ccc(OCc2nnc(SCc3nc(C)no3)n2-c2ccc(C)c(Cl)c2)cc1. The van der Waals surface area contributed by atoms with E-state index < -0.39 is 0 Å². The largest absolute Gasteiger partial charge is 0.494 e. The van der Waals surface area contributed by atoms with Crippen LogP contribution in [0.2, 0.25) is 5.02 Å². The topological polar surface area (TPSA) is 88.1 Å². The van der Waals surface area contributed by atoms with Gasteiger partial charge in [-0.3, -0.25) is 4.57 Å². The minimum atomic E-state index is 0.229. The van der Waals surface area contributed by atoms with Crippen LogP contribution in [-0.2, 0) is 12.4 Å². The number of hydrogen-bond donors (Lipinski definition) is 0. The number of nitrogens with zero attached hydrogens (tertiary/aromatic N) is 5. The number of benzene rings is 2. The van der Waals surface area contributed by atoms with Crippen molar-refractivity contribution in [1.82, 2.24) is 24.9 Å². The van der Waals surface area contributed by atoms with Crippen LogP contribution in [-0.4, -0.2) is 31.5 Å². The summed E-state index contributed by atoms with van der Waals surface area (Å²) < 4.78 is 18.6. The summed E-state index contributed by atoms with van der Waals surface area (Å²) in [4.78, 5) is 4.24. The number of hydrogen-bond acceptors (Lipinski definition) is 8. The van der Waals surface area contributed by atoms with Gasteiger partial charge in [-0.25, -0.2) is 0 Å². The van der Waals surface area contributed by atoms with Crippen molar-refractivity contribution in [3.8, 4) is 17.2 Å². The molecular formula is C22H22ClN5O3S. The normalized spacial score (nSPS) is 11.0. The highest BCUT2D eigenvalue weighted by Gasteiger charge is 2.17. The molecule has 0 radical (unpaired) electrons. The fourth-order valence-electron chi connectivity index (χ4n) is 2.94. The maximum Gasteiger partial charge on any atom is 0.237 e. The average Bonchev–Trinajstić information content (AvgIpc) is 3.39. The molecule has 0 fully saturated rings. The fourth-order valence-corrected chi connectivity index (χ4v) is 3.92. The molecule has 4 rings (SSSR count). The molecule has 0 unspecified atom stereocenters. The summed E-state index contributed by atoms with van der Waals surface area (Å²) in [5, 5.41) is 13.9. The van der Waals surface area contributed by atoms with Crippen molar-refractivity contribution in [2.24, 2.45) is 0 Å². The zero-order valence-corrected chi connectivity index (χ0v) is 19.5. The Kier molecular flexibility index (Phi) is 6.96. The Morgan fingerprint density at radius 1 is 1.03 bits per heavy atom. The molecule has 10 heteroatoms. The Hall–Kier alpha value is -3.04. The van der Waals surface area contributed by atoms with Crippen molar-refractivity contribution in [1.29, 1.82) is 0 Å². The van der Waals surface area contributed by atoms with Crippen molar-refractivity contribution < 1.29 is 14.0 Å². The summed E-state index contributed by atoms with van der Waals surface area (Å²) in [5.74, 6) is 3.74. The van der Waals surface area contributed by atoms with Crippen LogP contribution in [0.3, 0.4) is 0 Å². The molecule has 4 aromatic rings. The molecule has 2 aromatic carbocycles. The molecule has 2 aromatic heterocycles. The molecule has 166 valence electrons. The zero-order chi connectivity index (χ0) is 22.5. The lowest BCUT2D eigenvalue weighted by Crippen LogP contribution is -2.07. The monoisotopic (exact) mass is 471 g/mol. The number of rotatable bonds is 9. The maximum atomic E-state index is 6.39. The van der Waals surface area contributed by atoms with Crippen molar-refractivity contribution in [2.75, 3.05) is 6.61 Å². The van der Waals surface area contributed by atoms with E-state index in [2.05, 4.69) is 20.3 Å². The second-order valence-electron chi connectivity index (χ2n) is 6.88. The van der Waals surface area contributed by atoms with Crippen LogP contribution in [0.4, 0.5) is 0 Å². The molecule has 0 aliphatic heterocycles. The van der Waals surface area contributed by atoms with Gasteiger partial charge in [-0.2, -0.15) is 4.98 Å². The summed E-state index contributed by atoms with van der Waals surface area (Å²) in [6.45, 7) is 6.54. The van der Waals surface area contributed by atoms with Crippen molar-refractivity contribution >= 4 is 23.4 Å². The molecule has 0 spiro atoms. The van der Waals surface area contributed by atoms with Gasteiger partial charge in [-0.05, 0) is 62.7 Å². The van der Waals surface area contributed by atoms with Gasteiger partial charge in [0.2, 0.25) is 5.89 Å². The second-order valence-corrected chi connectivity index (χ2v) is 8.23. The molecule has 8 nitrogen and oxygen atoms in total. The zero-order valence-electron chi connectivity index (χ0n) is 17.9. The van der Waals surface area contributed by atoms with Crippen LogP contribution in [0, 0.1) is 13.8 Å². The van der Waals surface area contributed by atoms with Gasteiger partial charge < -0.3 is 14.0 Å². The van der Waals surface area contributed by atoms with Crippen molar-refractivity contribution in [3.05, 3.63) is 70.6 Å². The van der Waals surface area contributed by atoms with E-state index in [0.29, 0.717) is 45.8 Å². The van der Waals surface area contributed by atoms with Gasteiger partial charge in [0.05, 0.1) is 18.0 Å². The minimum absolute atomic E-state index is 0.229. The molecule has 32 heavy (non-hydrogen) atoms. The first-order chi connectivity index (χ1) is 15.5. The molecular weight excluding hydrogens is 450 g/mol. The molecule has 0 atom stereocenters. The standard InChI is InChI=1S/C22H22ClN5O3S/c1-4-29-17-7-9-18(10-8-17)30-12-20-25-26-22(32-13-21-24-15(3)27-31-21)28(20)16-6-5-14(2)19(23)11-16/h5-11H,4,12-13H2,1-3H3. The van der Waals surface area contributed by atoms with Crippen LogP contribution in [0.15, 0.2) is 52.1 Å². The van der Waals surface area contributed by atoms with Gasteiger partial charge >= 0.3 is 0 Å². The van der Waals surface area contributed by atoms with E-state index in [1.54, 1.807) is 6.92 Å². The van der Waals surface area contributed by atoms with Crippen LogP contribution >= 0.6 is 23.4 Å². The Balaban J connectivity index is 1.57. The number of halogens is 1. The van der Waals surface area contributed by atoms with E-state index in [0.717, 1.165) is 17.0 Å². The van der Waals surface area contributed by atoms with Crippen molar-refractivity contribution in [2.45, 2.75) is 38.3 Å². The lowest BCUT2D eigenvalue weighted by molar-refractivity contribution is 0.291. The third kappa shape index (κ3) is 5.23. The number of aryl methyl sites for hydroxylation is 2. The van der Waals surface area contributed by atoms with Gasteiger partial charge in [0.1, 0.15) is 18.1 Å². The first-order valence-corrected chi connectivity index (χ1v) is 11.4. The van der Waals surface area contributed by atoms with E-state index in [-0.39, 0.29) is 6.61 Å². The summed E-state index contributed by atoms with van der Waals surface area (Å²) in [6.07, 6.45) is 0. The second kappa shape index (κ2) is 10.1. The van der Waals surface area contributed by atoms with Crippen LogP contribution in [0.1, 0.15) is 30.0 Å². The van der Waals surface area contributed by atoms with E-state index in [4.69, 9.17) is 25.6 Å². The quantitative estimate of drug-likeness (QED) is 0.308. The van der Waals surface area contributed by atoms with Gasteiger partial charge in [0, 0.05) is 5.02 Å². The van der Waals surface area contributed by atoms with E-state index in [9.17, 15) is 0 Å². The third-order valence-electron chi connectivity index (χ3n) is 4.51. The molecule has 0 aliphatic rings. The predicted octanol–water partition coefficient (Wildman–Crippen LogP) is 5.19. The lowest BCUT2D eigenvalue weighted by atomic mass is 10.2.